The molecule has 0 bridgehead atoms. The highest BCUT2D eigenvalue weighted by molar-refractivity contribution is 5.34. The molecule has 0 atom stereocenters. The van der Waals surface area contributed by atoms with E-state index >= 15 is 0 Å². The lowest BCUT2D eigenvalue weighted by atomic mass is 9.92. The molecule has 2 saturated carbocycles. The van der Waals surface area contributed by atoms with Gasteiger partial charge in [-0.05, 0) is 50.6 Å². The first kappa shape index (κ1) is 9.23. The van der Waals surface area contributed by atoms with Crippen molar-refractivity contribution in [1.82, 2.24) is 15.1 Å². The van der Waals surface area contributed by atoms with E-state index in [2.05, 4.69) is 10.00 Å². The van der Waals surface area contributed by atoms with Crippen LogP contribution in [0.3, 0.4) is 0 Å². The van der Waals surface area contributed by atoms with Gasteiger partial charge in [0, 0.05) is 12.5 Å². The number of nitrogens with one attached hydrogen (secondary N) is 1. The Morgan fingerprint density at radius 1 is 1.19 bits per heavy atom. The Labute approximate surface area is 96.2 Å². The molecule has 4 rings (SSSR count). The first-order valence-electron chi connectivity index (χ1n) is 6.74. The van der Waals surface area contributed by atoms with Gasteiger partial charge >= 0.3 is 0 Å². The third-order valence-corrected chi connectivity index (χ3v) is 4.38. The van der Waals surface area contributed by atoms with E-state index in [1.54, 1.807) is 5.56 Å². The van der Waals surface area contributed by atoms with E-state index in [1.165, 1.54) is 49.9 Å². The second-order valence-electron chi connectivity index (χ2n) is 5.54. The third-order valence-electron chi connectivity index (χ3n) is 4.38. The van der Waals surface area contributed by atoms with Gasteiger partial charge < -0.3 is 5.32 Å². The Hall–Kier alpha value is -0.830. The van der Waals surface area contributed by atoms with Crippen molar-refractivity contribution in [3.63, 3.8) is 0 Å². The normalized spacial score (nSPS) is 25.2. The summed E-state index contributed by atoms with van der Waals surface area (Å²) in [5.41, 5.74) is 4.58. The Morgan fingerprint density at radius 2 is 2.06 bits per heavy atom. The fourth-order valence-corrected chi connectivity index (χ4v) is 3.02. The molecule has 0 amide bonds. The van der Waals surface area contributed by atoms with Gasteiger partial charge in [0.05, 0.1) is 17.4 Å². The van der Waals surface area contributed by atoms with E-state index in [-0.39, 0.29) is 0 Å². The molecule has 0 unspecified atom stereocenters. The first-order chi connectivity index (χ1) is 7.93. The van der Waals surface area contributed by atoms with Crippen LogP contribution in [0.2, 0.25) is 0 Å². The van der Waals surface area contributed by atoms with E-state index in [0.717, 1.165) is 25.0 Å². The predicted octanol–water partition coefficient (Wildman–Crippen LogP) is 2.13. The second kappa shape index (κ2) is 3.33. The Bertz CT molecular complexity index is 413. The monoisotopic (exact) mass is 217 g/mol. The SMILES string of the molecule is C1CC(n2nc(C3CC3)c3c2CNCC3)C1. The van der Waals surface area contributed by atoms with Crippen LogP contribution in [0.15, 0.2) is 0 Å². The maximum atomic E-state index is 4.95. The van der Waals surface area contributed by atoms with Crippen LogP contribution < -0.4 is 5.32 Å². The summed E-state index contributed by atoms with van der Waals surface area (Å²) in [6.45, 7) is 2.19. The van der Waals surface area contributed by atoms with Crippen LogP contribution in [0.25, 0.3) is 0 Å². The highest BCUT2D eigenvalue weighted by Gasteiger charge is 2.34. The second-order valence-corrected chi connectivity index (χ2v) is 5.54. The maximum absolute atomic E-state index is 4.95. The van der Waals surface area contributed by atoms with Crippen molar-refractivity contribution in [2.75, 3.05) is 6.54 Å². The van der Waals surface area contributed by atoms with Crippen molar-refractivity contribution in [2.24, 2.45) is 0 Å². The lowest BCUT2D eigenvalue weighted by Gasteiger charge is -2.28. The molecule has 3 heteroatoms. The van der Waals surface area contributed by atoms with Gasteiger partial charge in [-0.25, -0.2) is 0 Å². The molecule has 3 aliphatic rings. The summed E-state index contributed by atoms with van der Waals surface area (Å²) in [7, 11) is 0. The van der Waals surface area contributed by atoms with Gasteiger partial charge in [0.1, 0.15) is 0 Å². The minimum absolute atomic E-state index is 0.723. The molecule has 2 fully saturated rings. The Balaban J connectivity index is 1.79. The summed E-state index contributed by atoms with van der Waals surface area (Å²) in [5, 5.41) is 8.45. The van der Waals surface area contributed by atoms with Crippen molar-refractivity contribution in [1.29, 1.82) is 0 Å². The number of nitrogens with zero attached hydrogens (tertiary/aromatic N) is 2. The van der Waals surface area contributed by atoms with E-state index in [9.17, 15) is 0 Å². The van der Waals surface area contributed by atoms with Gasteiger partial charge in [0.15, 0.2) is 0 Å². The van der Waals surface area contributed by atoms with Crippen LogP contribution in [0.1, 0.15) is 61.0 Å². The first-order valence-corrected chi connectivity index (χ1v) is 6.74. The zero-order chi connectivity index (χ0) is 10.5. The van der Waals surface area contributed by atoms with E-state index in [1.807, 2.05) is 0 Å². The lowest BCUT2D eigenvalue weighted by molar-refractivity contribution is 0.278. The fraction of sp³-hybridized carbons (Fsp3) is 0.769. The van der Waals surface area contributed by atoms with Crippen LogP contribution in [-0.2, 0) is 13.0 Å². The Morgan fingerprint density at radius 3 is 2.75 bits per heavy atom. The number of rotatable bonds is 2. The molecular formula is C13H19N3. The van der Waals surface area contributed by atoms with Gasteiger partial charge in [-0.15, -0.1) is 0 Å². The van der Waals surface area contributed by atoms with Crippen LogP contribution in [0.4, 0.5) is 0 Å². The summed E-state index contributed by atoms with van der Waals surface area (Å²) in [4.78, 5) is 0. The number of aromatic nitrogens is 2. The number of hydrogen-bond donors (Lipinski definition) is 1. The van der Waals surface area contributed by atoms with Gasteiger partial charge in [-0.2, -0.15) is 5.10 Å². The largest absolute Gasteiger partial charge is 0.311 e. The molecule has 2 heterocycles. The molecule has 0 saturated heterocycles. The van der Waals surface area contributed by atoms with Crippen molar-refractivity contribution >= 4 is 0 Å². The molecule has 0 spiro atoms. The van der Waals surface area contributed by atoms with Crippen LogP contribution >= 0.6 is 0 Å². The molecule has 0 aromatic carbocycles. The van der Waals surface area contributed by atoms with Crippen molar-refractivity contribution < 1.29 is 0 Å². The molecule has 2 aliphatic carbocycles. The van der Waals surface area contributed by atoms with Gasteiger partial charge in [-0.1, -0.05) is 0 Å². The number of fused-ring (bicyclic) bond motifs is 1. The van der Waals surface area contributed by atoms with Gasteiger partial charge in [0.25, 0.3) is 0 Å². The van der Waals surface area contributed by atoms with Gasteiger partial charge in [0.2, 0.25) is 0 Å². The molecular weight excluding hydrogens is 198 g/mol. The summed E-state index contributed by atoms with van der Waals surface area (Å²) in [6, 6.07) is 0.723. The summed E-state index contributed by atoms with van der Waals surface area (Å²) >= 11 is 0. The van der Waals surface area contributed by atoms with E-state index in [4.69, 9.17) is 5.10 Å². The molecule has 86 valence electrons. The average Bonchev–Trinajstić information content (AvgIpc) is 3.01. The van der Waals surface area contributed by atoms with E-state index in [0.29, 0.717) is 0 Å². The highest BCUT2D eigenvalue weighted by Crippen LogP contribution is 2.44. The summed E-state index contributed by atoms with van der Waals surface area (Å²) in [6.07, 6.45) is 8.04. The zero-order valence-corrected chi connectivity index (χ0v) is 9.71. The van der Waals surface area contributed by atoms with Crippen molar-refractivity contribution in [3.8, 4) is 0 Å². The third kappa shape index (κ3) is 1.27. The molecule has 1 N–H and O–H groups in total. The molecule has 3 nitrogen and oxygen atoms in total. The minimum Gasteiger partial charge on any atom is -0.311 e. The highest BCUT2D eigenvalue weighted by atomic mass is 15.3. The number of hydrogen-bond acceptors (Lipinski definition) is 2. The zero-order valence-electron chi connectivity index (χ0n) is 9.71. The fourth-order valence-electron chi connectivity index (χ4n) is 3.02. The molecule has 1 aromatic rings. The van der Waals surface area contributed by atoms with Crippen LogP contribution in [0.5, 0.6) is 0 Å². The van der Waals surface area contributed by atoms with Crippen molar-refractivity contribution in [3.05, 3.63) is 17.0 Å². The van der Waals surface area contributed by atoms with Crippen molar-refractivity contribution in [2.45, 2.75) is 57.0 Å². The summed E-state index contributed by atoms with van der Waals surface area (Å²) < 4.78 is 2.37. The molecule has 0 radical (unpaired) electrons. The lowest BCUT2D eigenvalue weighted by Crippen LogP contribution is -2.28. The maximum Gasteiger partial charge on any atom is 0.0691 e. The van der Waals surface area contributed by atoms with Crippen LogP contribution in [-0.4, -0.2) is 16.3 Å². The Kier molecular flexibility index (Phi) is 1.92. The predicted molar refractivity (Wildman–Crippen MR) is 62.5 cm³/mol. The standard InChI is InChI=1S/C13H19N3/c1-2-10(3-1)16-12-8-14-7-6-11(12)13(15-16)9-4-5-9/h9-10,14H,1-8H2. The topological polar surface area (TPSA) is 29.9 Å². The van der Waals surface area contributed by atoms with E-state index < -0.39 is 0 Å². The molecule has 1 aromatic heterocycles. The van der Waals surface area contributed by atoms with Gasteiger partial charge in [-0.3, -0.25) is 4.68 Å². The summed E-state index contributed by atoms with van der Waals surface area (Å²) in [5.74, 6) is 0.813. The molecule has 1 aliphatic heterocycles. The average molecular weight is 217 g/mol. The quantitative estimate of drug-likeness (QED) is 0.822. The minimum atomic E-state index is 0.723. The van der Waals surface area contributed by atoms with Crippen LogP contribution in [0, 0.1) is 0 Å². The molecule has 16 heavy (non-hydrogen) atoms. The smallest absolute Gasteiger partial charge is 0.0691 e.